The fraction of sp³-hybridized carbons (Fsp3) is 0.462. The lowest BCUT2D eigenvalue weighted by Crippen LogP contribution is -2.48. The van der Waals surface area contributed by atoms with Crippen molar-refractivity contribution < 1.29 is 9.53 Å². The largest absolute Gasteiger partial charge is 0.378 e. The van der Waals surface area contributed by atoms with Gasteiger partial charge in [0.15, 0.2) is 0 Å². The predicted octanol–water partition coefficient (Wildman–Crippen LogP) is 1.48. The molecule has 4 nitrogen and oxygen atoms in total. The maximum atomic E-state index is 12.1. The monoisotopic (exact) mass is 312 g/mol. The van der Waals surface area contributed by atoms with E-state index in [1.165, 1.54) is 0 Å². The fourth-order valence-corrected chi connectivity index (χ4v) is 2.33. The van der Waals surface area contributed by atoms with Gasteiger partial charge in [-0.2, -0.15) is 0 Å². The Morgan fingerprint density at radius 3 is 3.17 bits per heavy atom. The molecule has 5 heteroatoms. The molecule has 0 aliphatic carbocycles. The lowest BCUT2D eigenvalue weighted by Gasteiger charge is -2.24. The van der Waals surface area contributed by atoms with Crippen molar-refractivity contribution in [3.8, 4) is 0 Å². The topological polar surface area (TPSA) is 50.4 Å². The van der Waals surface area contributed by atoms with Gasteiger partial charge in [-0.15, -0.1) is 0 Å². The average Bonchev–Trinajstić information content (AvgIpc) is 2.40. The van der Waals surface area contributed by atoms with E-state index in [0.717, 1.165) is 23.2 Å². The highest BCUT2D eigenvalue weighted by Gasteiger charge is 2.16. The number of carbonyl (C=O) groups is 1. The lowest BCUT2D eigenvalue weighted by atomic mass is 10.1. The number of nitrogens with one attached hydrogen (secondary N) is 2. The first kappa shape index (κ1) is 13.5. The number of carbonyl (C=O) groups excluding carboxylic acids is 1. The van der Waals surface area contributed by atoms with Gasteiger partial charge in [-0.05, 0) is 34.5 Å². The standard InChI is InChI=1S/C13H17BrN2O2/c1-9-3-2-4-11(12(9)14)13(17)16-7-10-8-18-6-5-15-10/h2-4,10,15H,5-8H2,1H3,(H,16,17). The van der Waals surface area contributed by atoms with Gasteiger partial charge >= 0.3 is 0 Å². The third kappa shape index (κ3) is 3.31. The van der Waals surface area contributed by atoms with Crippen molar-refractivity contribution in [2.45, 2.75) is 13.0 Å². The number of hydrogen-bond donors (Lipinski definition) is 2. The summed E-state index contributed by atoms with van der Waals surface area (Å²) in [4.78, 5) is 12.1. The fourth-order valence-electron chi connectivity index (χ4n) is 1.88. The molecule has 1 atom stereocenters. The Kier molecular flexibility index (Phi) is 4.74. The molecular formula is C13H17BrN2O2. The van der Waals surface area contributed by atoms with Crippen LogP contribution < -0.4 is 10.6 Å². The second-order valence-electron chi connectivity index (χ2n) is 4.37. The molecule has 0 radical (unpaired) electrons. The first-order valence-corrected chi connectivity index (χ1v) is 6.82. The minimum atomic E-state index is -0.0575. The molecule has 2 N–H and O–H groups in total. The summed E-state index contributed by atoms with van der Waals surface area (Å²) in [6, 6.07) is 5.87. The summed E-state index contributed by atoms with van der Waals surface area (Å²) in [6.07, 6.45) is 0. The molecule has 1 unspecified atom stereocenters. The number of aryl methyl sites for hydroxylation is 1. The predicted molar refractivity (Wildman–Crippen MR) is 73.8 cm³/mol. The molecular weight excluding hydrogens is 296 g/mol. The quantitative estimate of drug-likeness (QED) is 0.889. The maximum absolute atomic E-state index is 12.1. The lowest BCUT2D eigenvalue weighted by molar-refractivity contribution is 0.0734. The Morgan fingerprint density at radius 1 is 1.61 bits per heavy atom. The van der Waals surface area contributed by atoms with Crippen LogP contribution in [0.25, 0.3) is 0 Å². The molecule has 1 amide bonds. The van der Waals surface area contributed by atoms with Crippen molar-refractivity contribution in [3.05, 3.63) is 33.8 Å². The normalized spacial score (nSPS) is 19.6. The van der Waals surface area contributed by atoms with Crippen LogP contribution in [0.2, 0.25) is 0 Å². The van der Waals surface area contributed by atoms with Crippen LogP contribution in [0.15, 0.2) is 22.7 Å². The molecule has 1 heterocycles. The second kappa shape index (κ2) is 6.31. The molecule has 98 valence electrons. The molecule has 0 spiro atoms. The molecule has 0 bridgehead atoms. The third-order valence-corrected chi connectivity index (χ3v) is 4.00. The van der Waals surface area contributed by atoms with Gasteiger partial charge in [0.05, 0.1) is 18.8 Å². The number of rotatable bonds is 3. The third-order valence-electron chi connectivity index (χ3n) is 2.94. The molecule has 1 aromatic carbocycles. The summed E-state index contributed by atoms with van der Waals surface area (Å²) < 4.78 is 6.20. The Balaban J connectivity index is 1.93. The molecule has 0 saturated carbocycles. The summed E-state index contributed by atoms with van der Waals surface area (Å²) >= 11 is 3.45. The molecule has 1 aliphatic heterocycles. The summed E-state index contributed by atoms with van der Waals surface area (Å²) in [7, 11) is 0. The smallest absolute Gasteiger partial charge is 0.252 e. The van der Waals surface area contributed by atoms with Crippen LogP contribution in [0.1, 0.15) is 15.9 Å². The summed E-state index contributed by atoms with van der Waals surface area (Å²) in [5.41, 5.74) is 1.73. The van der Waals surface area contributed by atoms with Gasteiger partial charge in [0.25, 0.3) is 5.91 Å². The number of benzene rings is 1. The first-order valence-electron chi connectivity index (χ1n) is 6.03. The van der Waals surface area contributed by atoms with Crippen molar-refractivity contribution in [2.24, 2.45) is 0 Å². The average molecular weight is 313 g/mol. The van der Waals surface area contributed by atoms with E-state index in [0.29, 0.717) is 18.7 Å². The number of amides is 1. The summed E-state index contributed by atoms with van der Waals surface area (Å²) in [5.74, 6) is -0.0575. The first-order chi connectivity index (χ1) is 8.68. The van der Waals surface area contributed by atoms with Crippen LogP contribution >= 0.6 is 15.9 Å². The second-order valence-corrected chi connectivity index (χ2v) is 5.17. The summed E-state index contributed by atoms with van der Waals surface area (Å²) in [5, 5.41) is 6.23. The van der Waals surface area contributed by atoms with E-state index in [1.807, 2.05) is 25.1 Å². The van der Waals surface area contributed by atoms with E-state index < -0.39 is 0 Å². The van der Waals surface area contributed by atoms with E-state index in [1.54, 1.807) is 0 Å². The Bertz CT molecular complexity index is 431. The zero-order valence-corrected chi connectivity index (χ0v) is 11.9. The van der Waals surface area contributed by atoms with Crippen molar-refractivity contribution in [2.75, 3.05) is 26.3 Å². The number of morpholine rings is 1. The molecule has 1 saturated heterocycles. The highest BCUT2D eigenvalue weighted by atomic mass is 79.9. The molecule has 1 aromatic rings. The number of hydrogen-bond acceptors (Lipinski definition) is 3. The molecule has 18 heavy (non-hydrogen) atoms. The van der Waals surface area contributed by atoms with Crippen LogP contribution in [0, 0.1) is 6.92 Å². The highest BCUT2D eigenvalue weighted by molar-refractivity contribution is 9.10. The van der Waals surface area contributed by atoms with Gasteiger partial charge in [-0.25, -0.2) is 0 Å². The van der Waals surface area contributed by atoms with E-state index in [4.69, 9.17) is 4.74 Å². The Morgan fingerprint density at radius 2 is 2.44 bits per heavy atom. The summed E-state index contributed by atoms with van der Waals surface area (Å²) in [6.45, 7) is 4.79. The molecule has 2 rings (SSSR count). The van der Waals surface area contributed by atoms with Crippen molar-refractivity contribution in [1.29, 1.82) is 0 Å². The van der Waals surface area contributed by atoms with E-state index >= 15 is 0 Å². The van der Waals surface area contributed by atoms with E-state index in [2.05, 4.69) is 26.6 Å². The van der Waals surface area contributed by atoms with Crippen molar-refractivity contribution >= 4 is 21.8 Å². The SMILES string of the molecule is Cc1cccc(C(=O)NCC2COCCN2)c1Br. The molecule has 1 fully saturated rings. The minimum Gasteiger partial charge on any atom is -0.378 e. The van der Waals surface area contributed by atoms with Gasteiger partial charge in [0, 0.05) is 23.6 Å². The van der Waals surface area contributed by atoms with E-state index in [-0.39, 0.29) is 11.9 Å². The Hall–Kier alpha value is -0.910. The van der Waals surface area contributed by atoms with Crippen LogP contribution in [0.5, 0.6) is 0 Å². The van der Waals surface area contributed by atoms with Gasteiger partial charge in [0.1, 0.15) is 0 Å². The number of halogens is 1. The van der Waals surface area contributed by atoms with Crippen molar-refractivity contribution in [1.82, 2.24) is 10.6 Å². The Labute approximate surface area is 115 Å². The minimum absolute atomic E-state index is 0.0575. The van der Waals surface area contributed by atoms with Gasteiger partial charge in [-0.3, -0.25) is 4.79 Å². The number of ether oxygens (including phenoxy) is 1. The van der Waals surface area contributed by atoms with Crippen LogP contribution in [0.3, 0.4) is 0 Å². The molecule has 0 aromatic heterocycles. The van der Waals surface area contributed by atoms with Crippen LogP contribution in [-0.4, -0.2) is 38.3 Å². The zero-order chi connectivity index (χ0) is 13.0. The zero-order valence-electron chi connectivity index (χ0n) is 10.3. The molecule has 1 aliphatic rings. The van der Waals surface area contributed by atoms with E-state index in [9.17, 15) is 4.79 Å². The van der Waals surface area contributed by atoms with Crippen LogP contribution in [0.4, 0.5) is 0 Å². The highest BCUT2D eigenvalue weighted by Crippen LogP contribution is 2.20. The van der Waals surface area contributed by atoms with Gasteiger partial charge < -0.3 is 15.4 Å². The van der Waals surface area contributed by atoms with Crippen LogP contribution in [-0.2, 0) is 4.74 Å². The maximum Gasteiger partial charge on any atom is 0.252 e. The van der Waals surface area contributed by atoms with Gasteiger partial charge in [0.2, 0.25) is 0 Å². The van der Waals surface area contributed by atoms with Gasteiger partial charge in [-0.1, -0.05) is 12.1 Å². The van der Waals surface area contributed by atoms with Crippen molar-refractivity contribution in [3.63, 3.8) is 0 Å².